The second-order valence-electron chi connectivity index (χ2n) is 5.63. The molecule has 2 amide bonds. The summed E-state index contributed by atoms with van der Waals surface area (Å²) in [6.07, 6.45) is 7.50. The van der Waals surface area contributed by atoms with Crippen molar-refractivity contribution in [3.63, 3.8) is 0 Å². The van der Waals surface area contributed by atoms with Gasteiger partial charge in [-0.25, -0.2) is 0 Å². The van der Waals surface area contributed by atoms with E-state index in [0.717, 1.165) is 12.8 Å². The first kappa shape index (κ1) is 14.3. The van der Waals surface area contributed by atoms with Gasteiger partial charge in [-0.3, -0.25) is 9.59 Å². The van der Waals surface area contributed by atoms with Gasteiger partial charge in [-0.15, -0.1) is 0 Å². The number of hydrogen-bond acceptors (Lipinski definition) is 3. The first-order chi connectivity index (χ1) is 9.16. The zero-order valence-electron chi connectivity index (χ0n) is 11.5. The Kier molecular flexibility index (Phi) is 5.19. The summed E-state index contributed by atoms with van der Waals surface area (Å²) in [5, 5.41) is 0. The smallest absolute Gasteiger partial charge is 0.248 e. The lowest BCUT2D eigenvalue weighted by atomic mass is 9.96. The monoisotopic (exact) mass is 268 g/mol. The number of amides is 2. The normalized spacial score (nSPS) is 22.4. The van der Waals surface area contributed by atoms with Gasteiger partial charge in [-0.05, 0) is 25.7 Å². The molecule has 0 unspecified atom stereocenters. The number of carbonyl (C=O) groups is 2. The Labute approximate surface area is 114 Å². The predicted octanol–water partition coefficient (Wildman–Crippen LogP) is 1.06. The molecular formula is C14H24N2O3. The lowest BCUT2D eigenvalue weighted by Gasteiger charge is -2.31. The van der Waals surface area contributed by atoms with E-state index in [1.807, 2.05) is 0 Å². The molecule has 2 fully saturated rings. The summed E-state index contributed by atoms with van der Waals surface area (Å²) in [4.78, 5) is 24.9. The summed E-state index contributed by atoms with van der Waals surface area (Å²) in [6.45, 7) is 1.44. The summed E-state index contributed by atoms with van der Waals surface area (Å²) in [7, 11) is 0. The van der Waals surface area contributed by atoms with Crippen molar-refractivity contribution >= 4 is 11.8 Å². The maximum atomic E-state index is 12.0. The van der Waals surface area contributed by atoms with Crippen molar-refractivity contribution in [1.82, 2.24) is 4.90 Å². The first-order valence-electron chi connectivity index (χ1n) is 7.35. The Morgan fingerprint density at radius 1 is 1.05 bits per heavy atom. The molecule has 0 aromatic rings. The molecule has 1 aliphatic heterocycles. The minimum atomic E-state index is -0.245. The van der Waals surface area contributed by atoms with Crippen molar-refractivity contribution in [3.05, 3.63) is 0 Å². The minimum Gasteiger partial charge on any atom is -0.369 e. The molecule has 5 heteroatoms. The van der Waals surface area contributed by atoms with E-state index in [2.05, 4.69) is 0 Å². The molecule has 1 saturated heterocycles. The van der Waals surface area contributed by atoms with Crippen molar-refractivity contribution < 1.29 is 14.3 Å². The Morgan fingerprint density at radius 3 is 2.26 bits per heavy atom. The summed E-state index contributed by atoms with van der Waals surface area (Å²) < 4.78 is 5.69. The van der Waals surface area contributed by atoms with Gasteiger partial charge in [0.05, 0.1) is 6.10 Å². The van der Waals surface area contributed by atoms with E-state index in [0.29, 0.717) is 25.9 Å². The number of rotatable bonds is 4. The van der Waals surface area contributed by atoms with Crippen LogP contribution in [0.1, 0.15) is 44.9 Å². The minimum absolute atomic E-state index is 0.0495. The number of likely N-dealkylation sites (tertiary alicyclic amines) is 1. The number of nitrogens with two attached hydrogens (primary N) is 1. The fourth-order valence-corrected chi connectivity index (χ4v) is 2.93. The summed E-state index contributed by atoms with van der Waals surface area (Å²) in [5.41, 5.74) is 5.28. The van der Waals surface area contributed by atoms with Crippen LogP contribution in [0.4, 0.5) is 0 Å². The Balaban J connectivity index is 1.67. The van der Waals surface area contributed by atoms with E-state index in [1.165, 1.54) is 19.3 Å². The van der Waals surface area contributed by atoms with E-state index in [1.54, 1.807) is 4.90 Å². The zero-order chi connectivity index (χ0) is 13.7. The van der Waals surface area contributed by atoms with Crippen molar-refractivity contribution in [2.45, 2.75) is 51.0 Å². The maximum Gasteiger partial charge on any atom is 0.248 e. The van der Waals surface area contributed by atoms with Crippen LogP contribution < -0.4 is 5.73 Å². The number of piperidine rings is 1. The van der Waals surface area contributed by atoms with E-state index in [4.69, 9.17) is 10.5 Å². The SMILES string of the molecule is NC(=O)C1CCN(C(=O)COC2CCCCC2)CC1. The molecule has 1 aliphatic carbocycles. The molecule has 0 spiro atoms. The topological polar surface area (TPSA) is 72.6 Å². The van der Waals surface area contributed by atoms with Crippen LogP contribution in [0.2, 0.25) is 0 Å². The van der Waals surface area contributed by atoms with Gasteiger partial charge in [0.15, 0.2) is 0 Å². The molecule has 0 radical (unpaired) electrons. The standard InChI is InChI=1S/C14H24N2O3/c15-14(18)11-6-8-16(9-7-11)13(17)10-19-12-4-2-1-3-5-12/h11-12H,1-10H2,(H2,15,18). The summed E-state index contributed by atoms with van der Waals surface area (Å²) >= 11 is 0. The van der Waals surface area contributed by atoms with Crippen LogP contribution in [-0.4, -0.2) is 42.5 Å². The second kappa shape index (κ2) is 6.89. The van der Waals surface area contributed by atoms with Gasteiger partial charge in [0.2, 0.25) is 11.8 Å². The quantitative estimate of drug-likeness (QED) is 0.828. The van der Waals surface area contributed by atoms with Gasteiger partial charge in [0.1, 0.15) is 6.61 Å². The fourth-order valence-electron chi connectivity index (χ4n) is 2.93. The molecule has 1 heterocycles. The third kappa shape index (κ3) is 4.20. The summed E-state index contributed by atoms with van der Waals surface area (Å²) in [6, 6.07) is 0. The first-order valence-corrected chi connectivity index (χ1v) is 7.35. The highest BCUT2D eigenvalue weighted by atomic mass is 16.5. The molecule has 2 rings (SSSR count). The van der Waals surface area contributed by atoms with Crippen LogP contribution in [0.5, 0.6) is 0 Å². The van der Waals surface area contributed by atoms with Gasteiger partial charge >= 0.3 is 0 Å². The maximum absolute atomic E-state index is 12.0. The van der Waals surface area contributed by atoms with Gasteiger partial charge < -0.3 is 15.4 Å². The largest absolute Gasteiger partial charge is 0.369 e. The second-order valence-corrected chi connectivity index (χ2v) is 5.63. The van der Waals surface area contributed by atoms with Gasteiger partial charge in [-0.1, -0.05) is 19.3 Å². The lowest BCUT2D eigenvalue weighted by Crippen LogP contribution is -2.43. The van der Waals surface area contributed by atoms with E-state index < -0.39 is 0 Å². The van der Waals surface area contributed by atoms with Crippen molar-refractivity contribution in [2.24, 2.45) is 11.7 Å². The molecule has 2 N–H and O–H groups in total. The van der Waals surface area contributed by atoms with Gasteiger partial charge in [0, 0.05) is 19.0 Å². The Bertz CT molecular complexity index is 319. The van der Waals surface area contributed by atoms with Crippen molar-refractivity contribution in [1.29, 1.82) is 0 Å². The number of carbonyl (C=O) groups excluding carboxylic acids is 2. The van der Waals surface area contributed by atoms with E-state index in [-0.39, 0.29) is 30.4 Å². The molecule has 1 saturated carbocycles. The van der Waals surface area contributed by atoms with E-state index >= 15 is 0 Å². The van der Waals surface area contributed by atoms with Crippen LogP contribution in [0.15, 0.2) is 0 Å². The average molecular weight is 268 g/mol. The van der Waals surface area contributed by atoms with Crippen LogP contribution in [0.25, 0.3) is 0 Å². The Hall–Kier alpha value is -1.10. The number of hydrogen-bond donors (Lipinski definition) is 1. The third-order valence-corrected chi connectivity index (χ3v) is 4.24. The van der Waals surface area contributed by atoms with Crippen LogP contribution in [-0.2, 0) is 14.3 Å². The third-order valence-electron chi connectivity index (χ3n) is 4.24. The molecule has 5 nitrogen and oxygen atoms in total. The van der Waals surface area contributed by atoms with Crippen LogP contribution >= 0.6 is 0 Å². The number of primary amides is 1. The molecule has 19 heavy (non-hydrogen) atoms. The molecular weight excluding hydrogens is 244 g/mol. The van der Waals surface area contributed by atoms with Crippen LogP contribution in [0, 0.1) is 5.92 Å². The predicted molar refractivity (Wildman–Crippen MR) is 71.3 cm³/mol. The molecule has 108 valence electrons. The number of ether oxygens (including phenoxy) is 1. The lowest BCUT2D eigenvalue weighted by molar-refractivity contribution is -0.141. The number of nitrogens with zero attached hydrogens (tertiary/aromatic N) is 1. The highest BCUT2D eigenvalue weighted by Crippen LogP contribution is 2.21. The molecule has 0 aromatic heterocycles. The zero-order valence-corrected chi connectivity index (χ0v) is 11.5. The van der Waals surface area contributed by atoms with Gasteiger partial charge in [0.25, 0.3) is 0 Å². The van der Waals surface area contributed by atoms with Gasteiger partial charge in [-0.2, -0.15) is 0 Å². The Morgan fingerprint density at radius 2 is 1.68 bits per heavy atom. The molecule has 2 aliphatic rings. The molecule has 0 aromatic carbocycles. The highest BCUT2D eigenvalue weighted by molar-refractivity contribution is 5.79. The molecule has 0 atom stereocenters. The van der Waals surface area contributed by atoms with Crippen molar-refractivity contribution in [2.75, 3.05) is 19.7 Å². The van der Waals surface area contributed by atoms with E-state index in [9.17, 15) is 9.59 Å². The summed E-state index contributed by atoms with van der Waals surface area (Å²) in [5.74, 6) is -0.262. The van der Waals surface area contributed by atoms with Crippen LogP contribution in [0.3, 0.4) is 0 Å². The average Bonchev–Trinajstić information content (AvgIpc) is 2.46. The van der Waals surface area contributed by atoms with Crippen molar-refractivity contribution in [3.8, 4) is 0 Å². The highest BCUT2D eigenvalue weighted by Gasteiger charge is 2.26. The fraction of sp³-hybridized carbons (Fsp3) is 0.857. The molecule has 0 bridgehead atoms.